The minimum Gasteiger partial charge on any atom is -0.464 e. The summed E-state index contributed by atoms with van der Waals surface area (Å²) in [6.45, 7) is 2.02. The molecule has 0 unspecified atom stereocenters. The summed E-state index contributed by atoms with van der Waals surface area (Å²) in [5.74, 6) is 0. The van der Waals surface area contributed by atoms with E-state index in [2.05, 4.69) is 4.98 Å². The van der Waals surface area contributed by atoms with Crippen molar-refractivity contribution in [3.63, 3.8) is 0 Å². The smallest absolute Gasteiger partial charge is 0.264 e. The molecule has 0 radical (unpaired) electrons. The molecule has 2 aromatic heterocycles. The van der Waals surface area contributed by atoms with Gasteiger partial charge < -0.3 is 8.83 Å². The zero-order valence-corrected chi connectivity index (χ0v) is 13.2. The summed E-state index contributed by atoms with van der Waals surface area (Å²) < 4.78 is 11.1. The summed E-state index contributed by atoms with van der Waals surface area (Å²) in [7, 11) is 0. The van der Waals surface area contributed by atoms with Gasteiger partial charge in [-0.25, -0.2) is 4.98 Å². The van der Waals surface area contributed by atoms with Crippen LogP contribution in [-0.2, 0) is 11.2 Å². The van der Waals surface area contributed by atoms with Crippen LogP contribution in [0.2, 0.25) is 0 Å². The lowest BCUT2D eigenvalue weighted by atomic mass is 10.1. The highest BCUT2D eigenvalue weighted by Crippen LogP contribution is 2.27. The van der Waals surface area contributed by atoms with E-state index < -0.39 is 0 Å². The number of benzene rings is 2. The van der Waals surface area contributed by atoms with Crippen molar-refractivity contribution in [2.45, 2.75) is 18.6 Å². The second kappa shape index (κ2) is 5.59. The normalized spacial score (nSPS) is 11.3. The molecule has 0 saturated heterocycles. The second-order valence-corrected chi connectivity index (χ2v) is 6.37. The van der Waals surface area contributed by atoms with Gasteiger partial charge in [0.05, 0.1) is 6.26 Å². The summed E-state index contributed by atoms with van der Waals surface area (Å²) in [6, 6.07) is 13.4. The van der Waals surface area contributed by atoms with Crippen LogP contribution in [-0.4, -0.2) is 10.1 Å². The molecule has 0 atom stereocenters. The first-order chi connectivity index (χ1) is 11.2. The van der Waals surface area contributed by atoms with Crippen LogP contribution < -0.4 is 0 Å². The van der Waals surface area contributed by atoms with E-state index in [0.717, 1.165) is 39.4 Å². The van der Waals surface area contributed by atoms with Gasteiger partial charge in [0, 0.05) is 29.1 Å². The highest BCUT2D eigenvalue weighted by molar-refractivity contribution is 8.13. The molecule has 4 nitrogen and oxygen atoms in total. The largest absolute Gasteiger partial charge is 0.464 e. The third-order valence-electron chi connectivity index (χ3n) is 3.62. The number of carbonyl (C=O) groups is 1. The molecular weight excluding hydrogens is 310 g/mol. The number of hydrogen-bond donors (Lipinski definition) is 0. The zero-order valence-electron chi connectivity index (χ0n) is 12.4. The number of thioether (sulfide) groups is 1. The molecule has 114 valence electrons. The first-order valence-electron chi connectivity index (χ1n) is 7.22. The molecule has 5 heteroatoms. The number of carbonyl (C=O) groups excluding carboxylic acids is 1. The molecule has 0 aliphatic carbocycles. The van der Waals surface area contributed by atoms with Crippen LogP contribution in [0.3, 0.4) is 0 Å². The lowest BCUT2D eigenvalue weighted by Crippen LogP contribution is -1.96. The number of aromatic nitrogens is 1. The number of para-hydroxylation sites is 2. The van der Waals surface area contributed by atoms with E-state index in [4.69, 9.17) is 8.83 Å². The van der Waals surface area contributed by atoms with Gasteiger partial charge in [0.1, 0.15) is 11.1 Å². The van der Waals surface area contributed by atoms with Gasteiger partial charge in [-0.2, -0.15) is 0 Å². The highest BCUT2D eigenvalue weighted by Gasteiger charge is 2.15. The molecule has 0 fully saturated rings. The molecule has 4 aromatic rings. The Balaban J connectivity index is 1.56. The van der Waals surface area contributed by atoms with Gasteiger partial charge in [0.25, 0.3) is 5.22 Å². The maximum absolute atomic E-state index is 12.3. The molecule has 4 rings (SSSR count). The molecule has 0 saturated carbocycles. The third-order valence-corrected chi connectivity index (χ3v) is 4.34. The molecule has 23 heavy (non-hydrogen) atoms. The van der Waals surface area contributed by atoms with E-state index in [1.807, 2.05) is 49.4 Å². The predicted octanol–water partition coefficient (Wildman–Crippen LogP) is 4.74. The Kier molecular flexibility index (Phi) is 3.42. The van der Waals surface area contributed by atoms with E-state index in [9.17, 15) is 4.79 Å². The minimum atomic E-state index is -0.0271. The maximum Gasteiger partial charge on any atom is 0.264 e. The Morgan fingerprint density at radius 2 is 2.04 bits per heavy atom. The highest BCUT2D eigenvalue weighted by atomic mass is 32.2. The van der Waals surface area contributed by atoms with E-state index in [1.54, 1.807) is 6.26 Å². The molecule has 2 heterocycles. The second-order valence-electron chi connectivity index (χ2n) is 5.36. The fourth-order valence-corrected chi connectivity index (χ4v) is 3.21. The number of furan rings is 1. The minimum absolute atomic E-state index is 0.0271. The Hall–Kier alpha value is -2.53. The van der Waals surface area contributed by atoms with Gasteiger partial charge in [-0.15, -0.1) is 0 Å². The van der Waals surface area contributed by atoms with Crippen molar-refractivity contribution in [3.05, 3.63) is 59.9 Å². The quantitative estimate of drug-likeness (QED) is 0.510. The fourth-order valence-electron chi connectivity index (χ4n) is 2.52. The number of fused-ring (bicyclic) bond motifs is 2. The van der Waals surface area contributed by atoms with Gasteiger partial charge in [0.15, 0.2) is 5.58 Å². The molecule has 0 spiro atoms. The topological polar surface area (TPSA) is 56.2 Å². The Labute approximate surface area is 136 Å². The molecular formula is C18H13NO3S. The summed E-state index contributed by atoms with van der Waals surface area (Å²) >= 11 is 1.02. The first kappa shape index (κ1) is 14.1. The molecule has 2 aromatic carbocycles. The Bertz CT molecular complexity index is 982. The average Bonchev–Trinajstić information content (AvgIpc) is 3.10. The van der Waals surface area contributed by atoms with Crippen LogP contribution in [0.25, 0.3) is 22.1 Å². The summed E-state index contributed by atoms with van der Waals surface area (Å²) in [4.78, 5) is 16.6. The lowest BCUT2D eigenvalue weighted by Gasteiger charge is -1.97. The first-order valence-corrected chi connectivity index (χ1v) is 8.04. The van der Waals surface area contributed by atoms with Crippen molar-refractivity contribution in [3.8, 4) is 0 Å². The Morgan fingerprint density at radius 3 is 2.91 bits per heavy atom. The van der Waals surface area contributed by atoms with Crippen LogP contribution in [0, 0.1) is 6.92 Å². The van der Waals surface area contributed by atoms with E-state index in [0.29, 0.717) is 10.8 Å². The summed E-state index contributed by atoms with van der Waals surface area (Å²) in [5.41, 5.74) is 4.26. The van der Waals surface area contributed by atoms with E-state index in [-0.39, 0.29) is 11.5 Å². The van der Waals surface area contributed by atoms with Gasteiger partial charge >= 0.3 is 0 Å². The number of hydrogen-bond acceptors (Lipinski definition) is 5. The van der Waals surface area contributed by atoms with Crippen molar-refractivity contribution in [1.82, 2.24) is 4.98 Å². The van der Waals surface area contributed by atoms with E-state index in [1.165, 1.54) is 0 Å². The van der Waals surface area contributed by atoms with Gasteiger partial charge in [-0.3, -0.25) is 4.79 Å². The van der Waals surface area contributed by atoms with Crippen molar-refractivity contribution in [2.24, 2.45) is 0 Å². The fraction of sp³-hybridized carbons (Fsp3) is 0.111. The molecule has 0 aliphatic rings. The lowest BCUT2D eigenvalue weighted by molar-refractivity contribution is -0.110. The van der Waals surface area contributed by atoms with Crippen LogP contribution in [0.15, 0.2) is 62.8 Å². The zero-order chi connectivity index (χ0) is 15.8. The van der Waals surface area contributed by atoms with Crippen LogP contribution >= 0.6 is 11.8 Å². The molecule has 0 aliphatic heterocycles. The average molecular weight is 323 g/mol. The van der Waals surface area contributed by atoms with Gasteiger partial charge in [0.2, 0.25) is 5.12 Å². The maximum atomic E-state index is 12.3. The monoisotopic (exact) mass is 323 g/mol. The van der Waals surface area contributed by atoms with Gasteiger partial charge in [-0.1, -0.05) is 23.8 Å². The van der Waals surface area contributed by atoms with Crippen LogP contribution in [0.5, 0.6) is 0 Å². The van der Waals surface area contributed by atoms with Crippen molar-refractivity contribution >= 4 is 38.9 Å². The number of nitrogens with zero attached hydrogens (tertiary/aromatic N) is 1. The van der Waals surface area contributed by atoms with Crippen LogP contribution in [0.4, 0.5) is 0 Å². The standard InChI is InChI=1S/C18H13NO3S/c1-11-6-7-15-13(8-11)12(10-21-15)9-17(20)23-18-19-14-4-2-3-5-16(14)22-18/h2-8,10H,9H2,1H3. The SMILES string of the molecule is Cc1ccc2occ(CC(=O)Sc3nc4ccccc4o3)c2c1. The number of aryl methyl sites for hydroxylation is 1. The van der Waals surface area contributed by atoms with Crippen LogP contribution in [0.1, 0.15) is 11.1 Å². The summed E-state index contributed by atoms with van der Waals surface area (Å²) in [5, 5.41) is 1.33. The van der Waals surface area contributed by atoms with Crippen molar-refractivity contribution in [2.75, 3.05) is 0 Å². The van der Waals surface area contributed by atoms with Crippen molar-refractivity contribution < 1.29 is 13.6 Å². The van der Waals surface area contributed by atoms with Gasteiger partial charge in [-0.05, 0) is 31.2 Å². The molecule has 0 N–H and O–H groups in total. The third kappa shape index (κ3) is 2.75. The molecule has 0 bridgehead atoms. The van der Waals surface area contributed by atoms with E-state index >= 15 is 0 Å². The number of rotatable bonds is 3. The predicted molar refractivity (Wildman–Crippen MR) is 89.5 cm³/mol. The summed E-state index contributed by atoms with van der Waals surface area (Å²) in [6.07, 6.45) is 1.93. The van der Waals surface area contributed by atoms with Crippen molar-refractivity contribution in [1.29, 1.82) is 0 Å². The molecule has 0 amide bonds. The number of oxazole rings is 1. The Morgan fingerprint density at radius 1 is 1.17 bits per heavy atom.